The maximum absolute atomic E-state index is 11.5. The van der Waals surface area contributed by atoms with Crippen LogP contribution in [0.5, 0.6) is 0 Å². The Kier molecular flexibility index (Phi) is 24.6. The van der Waals surface area contributed by atoms with Gasteiger partial charge in [-0.2, -0.15) is 0 Å². The molecule has 164 valence electrons. The maximum atomic E-state index is 11.5. The zero-order chi connectivity index (χ0) is 20.4. The Morgan fingerprint density at radius 3 is 1.43 bits per heavy atom. The number of aliphatic hydroxyl groups is 1. The Balaban J connectivity index is 0. The minimum absolute atomic E-state index is 0. The summed E-state index contributed by atoms with van der Waals surface area (Å²) >= 11 is 0. The van der Waals surface area contributed by atoms with Crippen LogP contribution in [0.2, 0.25) is 0 Å². The van der Waals surface area contributed by atoms with Crippen LogP contribution in [0.15, 0.2) is 0 Å². The van der Waals surface area contributed by atoms with Crippen molar-refractivity contribution in [2.24, 2.45) is 0 Å². The Hall–Kier alpha value is 1.51. The van der Waals surface area contributed by atoms with Crippen molar-refractivity contribution < 1.29 is 69.5 Å². The largest absolute Gasteiger partial charge is 1.00 e. The van der Waals surface area contributed by atoms with Crippen molar-refractivity contribution in [3.8, 4) is 0 Å². The molecule has 6 heteroatoms. The van der Waals surface area contributed by atoms with Crippen LogP contribution in [0.25, 0.3) is 0 Å². The van der Waals surface area contributed by atoms with E-state index >= 15 is 0 Å². The summed E-state index contributed by atoms with van der Waals surface area (Å²) in [5.74, 6) is 0. The SMILES string of the molecule is CCCCCCCCCCC(CCCCCCC(O)CCCC)S(=O)(=O)[O-].[K+]. The predicted octanol–water partition coefficient (Wildman–Crippen LogP) is 3.33. The molecule has 0 rings (SSSR count). The molecule has 4 nitrogen and oxygen atoms in total. The predicted molar refractivity (Wildman–Crippen MR) is 114 cm³/mol. The van der Waals surface area contributed by atoms with Crippen LogP contribution in [0.4, 0.5) is 0 Å². The van der Waals surface area contributed by atoms with Gasteiger partial charge in [0.2, 0.25) is 0 Å². The van der Waals surface area contributed by atoms with Gasteiger partial charge in [0, 0.05) is 5.25 Å². The molecule has 2 atom stereocenters. The van der Waals surface area contributed by atoms with Crippen LogP contribution >= 0.6 is 0 Å². The van der Waals surface area contributed by atoms with Gasteiger partial charge in [0.05, 0.1) is 16.2 Å². The first-order chi connectivity index (χ1) is 12.9. The molecule has 0 aliphatic carbocycles. The Labute approximate surface area is 218 Å². The van der Waals surface area contributed by atoms with Crippen molar-refractivity contribution in [3.63, 3.8) is 0 Å². The summed E-state index contributed by atoms with van der Waals surface area (Å²) in [5, 5.41) is 9.11. The van der Waals surface area contributed by atoms with Gasteiger partial charge in [-0.05, 0) is 25.7 Å². The third kappa shape index (κ3) is 20.8. The third-order valence-corrected chi connectivity index (χ3v) is 6.78. The summed E-state index contributed by atoms with van der Waals surface area (Å²) in [6.45, 7) is 4.33. The maximum Gasteiger partial charge on any atom is 1.00 e. The van der Waals surface area contributed by atoms with E-state index in [0.29, 0.717) is 12.8 Å². The van der Waals surface area contributed by atoms with Crippen LogP contribution in [-0.4, -0.2) is 29.4 Å². The molecule has 0 bridgehead atoms. The van der Waals surface area contributed by atoms with Gasteiger partial charge in [-0.15, -0.1) is 0 Å². The van der Waals surface area contributed by atoms with Crippen LogP contribution in [0, 0.1) is 0 Å². The first-order valence-electron chi connectivity index (χ1n) is 11.5. The van der Waals surface area contributed by atoms with Crippen molar-refractivity contribution in [1.82, 2.24) is 0 Å². The number of rotatable bonds is 20. The minimum atomic E-state index is -4.18. The first kappa shape index (κ1) is 31.7. The molecule has 0 aromatic carbocycles. The van der Waals surface area contributed by atoms with Gasteiger partial charge in [0.15, 0.2) is 0 Å². The van der Waals surface area contributed by atoms with E-state index in [1.165, 1.54) is 32.1 Å². The molecule has 0 aromatic heterocycles. The molecule has 0 saturated carbocycles. The number of hydrogen-bond donors (Lipinski definition) is 1. The van der Waals surface area contributed by atoms with E-state index in [2.05, 4.69) is 13.8 Å². The van der Waals surface area contributed by atoms with Gasteiger partial charge in [-0.3, -0.25) is 0 Å². The Bertz CT molecular complexity index is 415. The molecule has 0 saturated heterocycles. The molecular weight excluding hydrogens is 399 g/mol. The van der Waals surface area contributed by atoms with E-state index in [4.69, 9.17) is 0 Å². The molecule has 28 heavy (non-hydrogen) atoms. The second-order valence-electron chi connectivity index (χ2n) is 8.17. The summed E-state index contributed by atoms with van der Waals surface area (Å²) in [5.41, 5.74) is 0. The number of aliphatic hydroxyl groups excluding tert-OH is 1. The summed E-state index contributed by atoms with van der Waals surface area (Å²) in [7, 11) is -4.18. The molecule has 0 spiro atoms. The second kappa shape index (κ2) is 21.7. The summed E-state index contributed by atoms with van der Waals surface area (Å²) in [6.07, 6.45) is 17.8. The standard InChI is InChI=1S/C22H46O4S.K/c1-3-5-7-8-9-10-11-15-19-22(27(24,25)26)20-16-13-12-14-18-21(23)17-6-4-2;/h21-23H,3-20H2,1-2H3,(H,24,25,26);/q;+1/p-1. The molecule has 0 radical (unpaired) electrons. The van der Waals surface area contributed by atoms with Crippen molar-refractivity contribution >= 4 is 10.1 Å². The van der Waals surface area contributed by atoms with E-state index in [-0.39, 0.29) is 57.5 Å². The Morgan fingerprint density at radius 1 is 0.643 bits per heavy atom. The number of unbranched alkanes of at least 4 members (excludes halogenated alkanes) is 11. The molecular formula is C22H45KO4S. The van der Waals surface area contributed by atoms with E-state index in [1.54, 1.807) is 0 Å². The van der Waals surface area contributed by atoms with Crippen molar-refractivity contribution in [1.29, 1.82) is 0 Å². The van der Waals surface area contributed by atoms with Gasteiger partial charge in [0.25, 0.3) is 0 Å². The van der Waals surface area contributed by atoms with E-state index in [1.807, 2.05) is 0 Å². The smallest absolute Gasteiger partial charge is 0.748 e. The molecule has 0 aromatic rings. The quantitative estimate of drug-likeness (QED) is 0.177. The summed E-state index contributed by atoms with van der Waals surface area (Å²) < 4.78 is 34.5. The zero-order valence-electron chi connectivity index (χ0n) is 19.0. The first-order valence-corrected chi connectivity index (χ1v) is 13.0. The Morgan fingerprint density at radius 2 is 1.00 bits per heavy atom. The fourth-order valence-corrected chi connectivity index (χ4v) is 4.54. The molecule has 0 aliphatic rings. The number of hydrogen-bond acceptors (Lipinski definition) is 4. The van der Waals surface area contributed by atoms with Gasteiger partial charge in [-0.25, -0.2) is 8.42 Å². The van der Waals surface area contributed by atoms with Crippen LogP contribution < -0.4 is 51.4 Å². The van der Waals surface area contributed by atoms with E-state index in [9.17, 15) is 18.1 Å². The van der Waals surface area contributed by atoms with Crippen molar-refractivity contribution in [2.75, 3.05) is 0 Å². The summed E-state index contributed by atoms with van der Waals surface area (Å²) in [4.78, 5) is 0. The van der Waals surface area contributed by atoms with Crippen molar-refractivity contribution in [2.45, 2.75) is 141 Å². The van der Waals surface area contributed by atoms with Crippen molar-refractivity contribution in [3.05, 3.63) is 0 Å². The third-order valence-electron chi connectivity index (χ3n) is 5.49. The fourth-order valence-electron chi connectivity index (χ4n) is 3.63. The molecule has 1 N–H and O–H groups in total. The fraction of sp³-hybridized carbons (Fsp3) is 1.00. The van der Waals surface area contributed by atoms with Crippen LogP contribution in [0.1, 0.15) is 129 Å². The average molecular weight is 445 g/mol. The molecule has 0 aliphatic heterocycles. The second-order valence-corrected chi connectivity index (χ2v) is 9.82. The zero-order valence-corrected chi connectivity index (χ0v) is 22.9. The normalized spacial score (nSPS) is 13.9. The minimum Gasteiger partial charge on any atom is -0.748 e. The van der Waals surface area contributed by atoms with Gasteiger partial charge < -0.3 is 9.66 Å². The van der Waals surface area contributed by atoms with E-state index in [0.717, 1.165) is 70.6 Å². The molecule has 0 amide bonds. The molecule has 0 fully saturated rings. The van der Waals surface area contributed by atoms with E-state index < -0.39 is 15.4 Å². The van der Waals surface area contributed by atoms with Gasteiger partial charge in [0.1, 0.15) is 0 Å². The topological polar surface area (TPSA) is 77.4 Å². The monoisotopic (exact) mass is 444 g/mol. The van der Waals surface area contributed by atoms with Crippen LogP contribution in [-0.2, 0) is 10.1 Å². The molecule has 0 heterocycles. The van der Waals surface area contributed by atoms with Gasteiger partial charge >= 0.3 is 51.4 Å². The van der Waals surface area contributed by atoms with Gasteiger partial charge in [-0.1, -0.05) is 104 Å². The van der Waals surface area contributed by atoms with Crippen LogP contribution in [0.3, 0.4) is 0 Å². The average Bonchev–Trinajstić information content (AvgIpc) is 2.62. The molecule has 2 unspecified atom stereocenters. The summed E-state index contributed by atoms with van der Waals surface area (Å²) in [6, 6.07) is 0.